The first-order valence-corrected chi connectivity index (χ1v) is 50.7. The Kier molecular flexibility index (Phi) is 70.5. The van der Waals surface area contributed by atoms with Gasteiger partial charge in [-0.2, -0.15) is 0 Å². The Labute approximate surface area is 854 Å². The molecule has 6 rings (SSSR count). The third-order valence-electron chi connectivity index (χ3n) is 21.7. The van der Waals surface area contributed by atoms with E-state index >= 15 is 0 Å². The van der Waals surface area contributed by atoms with Crippen molar-refractivity contribution in [2.45, 2.75) is 321 Å². The molecule has 0 aromatic carbocycles. The maximum atomic E-state index is 12.0. The van der Waals surface area contributed by atoms with Crippen LogP contribution in [0.5, 0.6) is 34.5 Å². The Morgan fingerprint density at radius 1 is 0.390 bits per heavy atom. The van der Waals surface area contributed by atoms with Gasteiger partial charge >= 0.3 is 63.6 Å². The van der Waals surface area contributed by atoms with Crippen LogP contribution in [-0.2, 0) is 52.1 Å². The van der Waals surface area contributed by atoms with Crippen molar-refractivity contribution in [2.24, 2.45) is 5.92 Å². The summed E-state index contributed by atoms with van der Waals surface area (Å²) < 4.78 is 54.7. The highest BCUT2D eigenvalue weighted by Crippen LogP contribution is 2.38. The lowest BCUT2D eigenvalue weighted by Gasteiger charge is -2.36. The average Bonchev–Trinajstić information content (AvgIpc) is 0.777. The fraction of sp³-hybridized carbons (Fsp3) is 0.519. The Morgan fingerprint density at radius 3 is 0.836 bits per heavy atom. The van der Waals surface area contributed by atoms with Crippen molar-refractivity contribution in [3.63, 3.8) is 0 Å². The molecule has 6 unspecified atom stereocenters. The molecule has 814 valence electrons. The molecule has 0 aliphatic heterocycles. The lowest BCUT2D eigenvalue weighted by molar-refractivity contribution is -0.140. The SMILES string of the molecule is C.C=CC(=O)OC.CC=O.CCC.CCC(=O)c1c(O)cc(C(C)CC/C=C/C(=O)O)oc1=O.CCC(=O)c1c(O)cc(C(C)CC/C=C/C(=O)OC)oc1=O.CCC(=O)c1c(O)cc(C(C)CC/C=C/CC(=O)OC)oc1=O.CCC(=O)c1c(O)cc(C(C)CCCO)oc1=O.CCC(=O)c1c(O)cc(C(C)CCCO[Si](C)(C)C(C)(C)C)oc1=O.COC(=O)C/C=C/CCC(C)c1cc(O)c(C(=O)C(C)C)c(=O)o1. The molecule has 38 heteroatoms. The number of carbonyl (C=O) groups excluding carboxylic acids is 11. The van der Waals surface area contributed by atoms with Crippen molar-refractivity contribution >= 4 is 79.1 Å². The number of aliphatic hydroxyl groups is 1. The van der Waals surface area contributed by atoms with Gasteiger partial charge in [0.25, 0.3) is 0 Å². The van der Waals surface area contributed by atoms with Gasteiger partial charge in [-0.1, -0.05) is 182 Å². The van der Waals surface area contributed by atoms with E-state index < -0.39 is 101 Å². The molecule has 0 aliphatic carbocycles. The van der Waals surface area contributed by atoms with Gasteiger partial charge in [-0.05, 0) is 102 Å². The van der Waals surface area contributed by atoms with Crippen LogP contribution in [-0.4, -0.2) is 162 Å². The highest BCUT2D eigenvalue weighted by molar-refractivity contribution is 6.74. The molecule has 0 spiro atoms. The van der Waals surface area contributed by atoms with E-state index in [2.05, 4.69) is 73.2 Å². The van der Waals surface area contributed by atoms with Gasteiger partial charge < -0.3 is 95.5 Å². The molecular formula is C108H156O37Si. The number of hydrogen-bond donors (Lipinski definition) is 8. The van der Waals surface area contributed by atoms with E-state index in [1.54, 1.807) is 73.6 Å². The third kappa shape index (κ3) is 51.7. The number of aromatic hydroxyl groups is 6. The number of esters is 4. The van der Waals surface area contributed by atoms with Crippen LogP contribution in [0.4, 0.5) is 0 Å². The molecule has 0 saturated carbocycles. The Bertz CT molecular complexity index is 5650. The molecule has 6 heterocycles. The van der Waals surface area contributed by atoms with E-state index in [9.17, 15) is 112 Å². The van der Waals surface area contributed by atoms with Crippen molar-refractivity contribution in [1.29, 1.82) is 0 Å². The number of aliphatic carboxylic acids is 1. The molecule has 8 N–H and O–H groups in total. The number of hydrogen-bond acceptors (Lipinski definition) is 36. The second kappa shape index (κ2) is 74.3. The van der Waals surface area contributed by atoms with Gasteiger partial charge in [-0.25, -0.2) is 43.2 Å². The molecule has 0 aliphatic rings. The van der Waals surface area contributed by atoms with Gasteiger partial charge in [0, 0.05) is 141 Å². The maximum absolute atomic E-state index is 12.0. The summed E-state index contributed by atoms with van der Waals surface area (Å²) >= 11 is 0. The zero-order valence-corrected chi connectivity index (χ0v) is 89.5. The number of aldehydes is 1. The number of Topliss-reactive ketones (excluding diaryl/α,β-unsaturated/α-hetero) is 6. The van der Waals surface area contributed by atoms with E-state index in [1.807, 2.05) is 46.8 Å². The number of carbonyl (C=O) groups is 12. The summed E-state index contributed by atoms with van der Waals surface area (Å²) in [6.07, 6.45) is 24.6. The van der Waals surface area contributed by atoms with Crippen molar-refractivity contribution in [1.82, 2.24) is 0 Å². The number of ether oxygens (including phenoxy) is 4. The third-order valence-corrected chi connectivity index (χ3v) is 26.3. The molecule has 37 nitrogen and oxygen atoms in total. The Balaban J connectivity index is -0.000000809. The van der Waals surface area contributed by atoms with Crippen LogP contribution in [0.25, 0.3) is 0 Å². The van der Waals surface area contributed by atoms with Crippen LogP contribution in [0.15, 0.2) is 153 Å². The average molecular weight is 2070 g/mol. The lowest BCUT2D eigenvalue weighted by atomic mass is 9.98. The smallest absolute Gasteiger partial charge is 0.350 e. The summed E-state index contributed by atoms with van der Waals surface area (Å²) in [5.74, 6) is -6.23. The van der Waals surface area contributed by atoms with E-state index in [0.717, 1.165) is 31.3 Å². The molecular weight excluding hydrogens is 1920 g/mol. The second-order valence-electron chi connectivity index (χ2n) is 34.8. The standard InChI is InChI=1S/C19H32O5Si.C18H24O6.C17H22O6.C16H20O6.C15H18O6.C13H18O5.C4H6O2.C3H8.C2H4O.CH4/c1-8-14(20)17-15(21)12-16(24-18(17)22)13(2)10-9-11-23-25(6,7)19(3,4)5;1-11(2)17(21)16-13(19)10-14(24-18(16)22)12(3)8-6-5-7-9-15(20)23-4;1-4-12(18)16-13(19)10-14(23-17(16)21)11(2)8-6-5-7-9-15(20)22-3;1-4-11(17)15-12(18)9-13(22-16(15)20)10(2)7-5-6-8-14(19)21-3;1-3-10(16)14-11(17)8-12(21-15(14)20)9(2)6-4-5-7-13(18)19;1-3-9(15)12-10(16)7-11(18-13(12)17)8(2)5-4-6-14;1-3-4(5)6-2;1-3-2;1-2-3;/h12-13,21H,8-11H2,1-7H3;5,7,10-12,19H,6,8-9H2,1-4H3;5,7,10-11,19H,4,6,8-9H2,1-3H3;6,8-10,18H,4-5,7H2,1-3H3;5,7-9,17H,3-4,6H2,1-2H3,(H,18,19);7-8,14,16H,3-6H2,1-2H3;3H,1H2,2H3;3H2,1-2H3;2H,1H3;1H4/b;2*7-5+;8-6+;7-5+;;;;;. The number of rotatable bonds is 45. The molecule has 6 aromatic heterocycles. The minimum atomic E-state index is -1.75. The van der Waals surface area contributed by atoms with E-state index in [0.29, 0.717) is 99.6 Å². The van der Waals surface area contributed by atoms with E-state index in [-0.39, 0.29) is 185 Å². The maximum Gasteiger partial charge on any atom is 0.350 e. The van der Waals surface area contributed by atoms with Gasteiger partial charge in [0.15, 0.2) is 43.0 Å². The largest absolute Gasteiger partial charge is 0.507 e. The van der Waals surface area contributed by atoms with Crippen LogP contribution >= 0.6 is 0 Å². The molecule has 0 bridgehead atoms. The number of carboxylic acid groups (broad SMARTS) is 1. The van der Waals surface area contributed by atoms with Crippen LogP contribution in [0, 0.1) is 5.92 Å². The zero-order chi connectivity index (χ0) is 112. The molecule has 6 aromatic rings. The van der Waals surface area contributed by atoms with Gasteiger partial charge in [0.2, 0.25) is 0 Å². The minimum absolute atomic E-state index is 0. The van der Waals surface area contributed by atoms with Gasteiger partial charge in [-0.15, -0.1) is 0 Å². The van der Waals surface area contributed by atoms with Gasteiger partial charge in [0.1, 0.15) is 109 Å². The first-order chi connectivity index (χ1) is 68.0. The number of allylic oxidation sites excluding steroid dienone is 4. The van der Waals surface area contributed by atoms with E-state index in [4.69, 9.17) is 45.9 Å². The van der Waals surface area contributed by atoms with Crippen molar-refractivity contribution in [3.05, 3.63) is 228 Å². The summed E-state index contributed by atoms with van der Waals surface area (Å²) in [7, 11) is 3.52. The van der Waals surface area contributed by atoms with Gasteiger partial charge in [-0.3, -0.25) is 38.4 Å². The highest BCUT2D eigenvalue weighted by atomic mass is 28.4. The summed E-state index contributed by atoms with van der Waals surface area (Å²) in [6, 6.07) is 7.94. The summed E-state index contributed by atoms with van der Waals surface area (Å²) in [5.41, 5.74) is -6.57. The van der Waals surface area contributed by atoms with Crippen LogP contribution < -0.4 is 33.8 Å². The minimum Gasteiger partial charge on any atom is -0.507 e. The zero-order valence-electron chi connectivity index (χ0n) is 88.5. The number of aliphatic hydroxyl groups excluding tert-OH is 1. The molecule has 0 radical (unpaired) electrons. The molecule has 0 amide bonds. The van der Waals surface area contributed by atoms with Crippen LogP contribution in [0.2, 0.25) is 18.1 Å². The van der Waals surface area contributed by atoms with Crippen LogP contribution in [0.3, 0.4) is 0 Å². The fourth-order valence-electron chi connectivity index (χ4n) is 12.0. The predicted molar refractivity (Wildman–Crippen MR) is 554 cm³/mol. The quantitative estimate of drug-likeness (QED) is 0.00257. The molecule has 0 fully saturated rings. The van der Waals surface area contributed by atoms with E-state index in [1.165, 1.54) is 90.3 Å². The van der Waals surface area contributed by atoms with Crippen LogP contribution in [0.1, 0.15) is 400 Å². The second-order valence-corrected chi connectivity index (χ2v) is 39.6. The monoisotopic (exact) mass is 2070 g/mol. The Morgan fingerprint density at radius 2 is 0.630 bits per heavy atom. The lowest BCUT2D eigenvalue weighted by Crippen LogP contribution is -2.41. The summed E-state index contributed by atoms with van der Waals surface area (Å²) in [6.45, 7) is 43.1. The van der Waals surface area contributed by atoms with Crippen molar-refractivity contribution in [3.8, 4) is 34.5 Å². The van der Waals surface area contributed by atoms with Crippen molar-refractivity contribution in [2.75, 3.05) is 41.7 Å². The molecule has 6 atom stereocenters. The molecule has 0 saturated heterocycles. The molecule has 146 heavy (non-hydrogen) atoms. The summed E-state index contributed by atoms with van der Waals surface area (Å²) in [5, 5.41) is 76.6. The normalized spacial score (nSPS) is 12.0. The first-order valence-electron chi connectivity index (χ1n) is 47.8. The summed E-state index contributed by atoms with van der Waals surface area (Å²) in [4.78, 5) is 203. The fourth-order valence-corrected chi connectivity index (χ4v) is 13.1. The number of ketones is 6. The topological polar surface area (TPSA) is 594 Å². The Hall–Kier alpha value is -13.6. The number of methoxy groups -OCH3 is 4. The number of carboxylic acids is 1. The van der Waals surface area contributed by atoms with Gasteiger partial charge in [0.05, 0.1) is 41.3 Å². The first kappa shape index (κ1) is 139. The highest BCUT2D eigenvalue weighted by Gasteiger charge is 2.37. The van der Waals surface area contributed by atoms with Crippen molar-refractivity contribution < 1.29 is 148 Å². The predicted octanol–water partition coefficient (Wildman–Crippen LogP) is 20.4.